The van der Waals surface area contributed by atoms with Gasteiger partial charge in [0.1, 0.15) is 0 Å². The van der Waals surface area contributed by atoms with Crippen molar-refractivity contribution in [3.8, 4) is 0 Å². The number of rotatable bonds is 21. The van der Waals surface area contributed by atoms with Crippen molar-refractivity contribution in [2.45, 2.75) is 110 Å². The first kappa shape index (κ1) is 37.4. The molecule has 0 rings (SSSR count). The van der Waals surface area contributed by atoms with Gasteiger partial charge in [-0.1, -0.05) is 34.6 Å². The van der Waals surface area contributed by atoms with Gasteiger partial charge in [0.2, 0.25) is 17.7 Å². The summed E-state index contributed by atoms with van der Waals surface area (Å²) in [6.45, 7) is 7.86. The second kappa shape index (κ2) is 22.2. The van der Waals surface area contributed by atoms with Crippen LogP contribution in [0.25, 0.3) is 0 Å². The summed E-state index contributed by atoms with van der Waals surface area (Å²) in [5.74, 6) is -0.0890. The topological polar surface area (TPSA) is 212 Å². The third-order valence-electron chi connectivity index (χ3n) is 6.42. The van der Waals surface area contributed by atoms with Crippen LogP contribution >= 0.6 is 0 Å². The molecule has 37 heavy (non-hydrogen) atoms. The first-order chi connectivity index (χ1) is 17.0. The van der Waals surface area contributed by atoms with Crippen molar-refractivity contribution in [3.05, 3.63) is 0 Å². The van der Waals surface area contributed by atoms with Gasteiger partial charge in [0, 0.05) is 26.2 Å². The molecule has 0 aliphatic rings. The maximum Gasteiger partial charge on any atom is 0.238 e. The van der Waals surface area contributed by atoms with E-state index in [1.807, 2.05) is 13.8 Å². The quantitative estimate of drug-likeness (QED) is 0.101. The van der Waals surface area contributed by atoms with Gasteiger partial charge in [-0.3, -0.25) is 14.4 Å². The van der Waals surface area contributed by atoms with Crippen molar-refractivity contribution in [1.29, 1.82) is 0 Å². The molecule has 0 aliphatic heterocycles. The lowest BCUT2D eigenvalue weighted by atomic mass is 9.93. The summed E-state index contributed by atoms with van der Waals surface area (Å²) in [5, 5.41) is 18.7. The Kier molecular flexibility index (Phi) is 22.4. The Labute approximate surface area is 224 Å². The summed E-state index contributed by atoms with van der Waals surface area (Å²) in [4.78, 5) is 35.9. The number of aliphatic hydroxyl groups excluding tert-OH is 1. The van der Waals surface area contributed by atoms with E-state index in [0.29, 0.717) is 58.2 Å². The molecule has 0 saturated carbocycles. The van der Waals surface area contributed by atoms with Crippen molar-refractivity contribution in [2.24, 2.45) is 34.8 Å². The largest absolute Gasteiger partial charge is 0.393 e. The third-order valence-corrected chi connectivity index (χ3v) is 6.42. The highest BCUT2D eigenvalue weighted by atomic mass is 16.3. The van der Waals surface area contributed by atoms with Crippen molar-refractivity contribution >= 4 is 17.7 Å². The second-order valence-corrected chi connectivity index (χ2v) is 9.97. The number of carbonyl (C=O) groups is 3. The lowest BCUT2D eigenvalue weighted by Crippen LogP contribution is -2.46. The highest BCUT2D eigenvalue weighted by molar-refractivity contribution is 5.82. The minimum atomic E-state index is -0.692. The zero-order chi connectivity index (χ0) is 27.5. The molecule has 11 nitrogen and oxygen atoms in total. The van der Waals surface area contributed by atoms with E-state index in [2.05, 4.69) is 22.9 Å². The van der Waals surface area contributed by atoms with Crippen LogP contribution in [0.2, 0.25) is 0 Å². The average Bonchev–Trinajstić information content (AvgIpc) is 2.86. The summed E-state index contributed by atoms with van der Waals surface area (Å²) >= 11 is 0. The molecule has 0 aliphatic carbocycles. The van der Waals surface area contributed by atoms with Gasteiger partial charge in [-0.05, 0) is 63.2 Å². The Hall–Kier alpha value is -1.79. The molecule has 0 saturated heterocycles. The van der Waals surface area contributed by atoms with Crippen LogP contribution in [0, 0.1) is 11.8 Å². The van der Waals surface area contributed by atoms with Crippen LogP contribution in [0.15, 0.2) is 0 Å². The van der Waals surface area contributed by atoms with Gasteiger partial charge in [-0.15, -0.1) is 0 Å². The van der Waals surface area contributed by atoms with E-state index in [0.717, 1.165) is 19.3 Å². The van der Waals surface area contributed by atoms with Crippen molar-refractivity contribution < 1.29 is 19.5 Å². The first-order valence-electron chi connectivity index (χ1n) is 13.5. The van der Waals surface area contributed by atoms with Crippen LogP contribution in [0.5, 0.6) is 0 Å². The summed E-state index contributed by atoms with van der Waals surface area (Å²) in [7, 11) is 0. The van der Waals surface area contributed by atoms with Crippen LogP contribution in [0.3, 0.4) is 0 Å². The molecule has 12 N–H and O–H groups in total. The standard InChI is InChI=1S/C25H53N7O4.CH4/c1-4-12-30-23(34)20(27)10-6-8-19(33)9-7-11-21(28)24(35)32-16-18(5-2)13-17(3)15-31-25(36)22(29)14-26;/h17-22,33H,4-16,26-29H2,1-3H3,(H,30,34)(H,31,36)(H,32,35);1H4. The van der Waals surface area contributed by atoms with E-state index in [4.69, 9.17) is 22.9 Å². The molecule has 0 radical (unpaired) electrons. The molecule has 0 fully saturated rings. The van der Waals surface area contributed by atoms with E-state index in [-0.39, 0.29) is 43.5 Å². The fourth-order valence-corrected chi connectivity index (χ4v) is 3.87. The van der Waals surface area contributed by atoms with E-state index in [9.17, 15) is 19.5 Å². The zero-order valence-corrected chi connectivity index (χ0v) is 22.6. The molecule has 0 aromatic rings. The molecule has 6 atom stereocenters. The molecule has 6 unspecified atom stereocenters. The summed E-state index contributed by atoms with van der Waals surface area (Å²) in [5.41, 5.74) is 22.9. The van der Waals surface area contributed by atoms with Gasteiger partial charge in [0.25, 0.3) is 0 Å². The predicted octanol–water partition coefficient (Wildman–Crippen LogP) is 0.0756. The highest BCUT2D eigenvalue weighted by Gasteiger charge is 2.19. The van der Waals surface area contributed by atoms with Crippen LogP contribution < -0.4 is 38.9 Å². The number of aliphatic hydroxyl groups is 1. The summed E-state index contributed by atoms with van der Waals surface area (Å²) in [6, 6.07) is -1.87. The average molecular weight is 532 g/mol. The summed E-state index contributed by atoms with van der Waals surface area (Å²) in [6.07, 6.45) is 5.53. The Morgan fingerprint density at radius 3 is 1.76 bits per heavy atom. The minimum absolute atomic E-state index is 0. The Morgan fingerprint density at radius 1 is 0.784 bits per heavy atom. The van der Waals surface area contributed by atoms with Gasteiger partial charge < -0.3 is 44.0 Å². The molecule has 0 spiro atoms. The van der Waals surface area contributed by atoms with E-state index >= 15 is 0 Å². The number of hydrogen-bond donors (Lipinski definition) is 8. The van der Waals surface area contributed by atoms with Crippen molar-refractivity contribution in [3.63, 3.8) is 0 Å². The van der Waals surface area contributed by atoms with Crippen LogP contribution in [0.4, 0.5) is 0 Å². The predicted molar refractivity (Wildman–Crippen MR) is 150 cm³/mol. The smallest absolute Gasteiger partial charge is 0.238 e. The van der Waals surface area contributed by atoms with E-state index < -0.39 is 24.2 Å². The molecule has 0 bridgehead atoms. The van der Waals surface area contributed by atoms with Gasteiger partial charge in [-0.2, -0.15) is 0 Å². The molecule has 0 aromatic carbocycles. The number of nitrogens with one attached hydrogen (secondary N) is 3. The van der Waals surface area contributed by atoms with Gasteiger partial charge in [0.05, 0.1) is 24.2 Å². The molecule has 11 heteroatoms. The van der Waals surface area contributed by atoms with Crippen molar-refractivity contribution in [1.82, 2.24) is 16.0 Å². The number of hydrogen-bond acceptors (Lipinski definition) is 8. The Balaban J connectivity index is 0. The van der Waals surface area contributed by atoms with Gasteiger partial charge in [0.15, 0.2) is 0 Å². The van der Waals surface area contributed by atoms with Crippen LogP contribution in [-0.2, 0) is 14.4 Å². The van der Waals surface area contributed by atoms with Crippen LogP contribution in [0.1, 0.15) is 86.0 Å². The normalized spacial score (nSPS) is 15.9. The van der Waals surface area contributed by atoms with Gasteiger partial charge >= 0.3 is 0 Å². The number of nitrogens with two attached hydrogens (primary N) is 4. The van der Waals surface area contributed by atoms with Crippen LogP contribution in [-0.4, -0.2) is 73.2 Å². The van der Waals surface area contributed by atoms with Crippen molar-refractivity contribution in [2.75, 3.05) is 26.2 Å². The first-order valence-corrected chi connectivity index (χ1v) is 13.5. The van der Waals surface area contributed by atoms with E-state index in [1.165, 1.54) is 0 Å². The third kappa shape index (κ3) is 18.2. The lowest BCUT2D eigenvalue weighted by Gasteiger charge is -2.22. The summed E-state index contributed by atoms with van der Waals surface area (Å²) < 4.78 is 0. The van der Waals surface area contributed by atoms with Gasteiger partial charge in [-0.25, -0.2) is 0 Å². The molecule has 0 aromatic heterocycles. The minimum Gasteiger partial charge on any atom is -0.393 e. The molecule has 220 valence electrons. The maximum absolute atomic E-state index is 12.4. The molecule has 3 amide bonds. The molecular formula is C26H57N7O4. The Morgan fingerprint density at radius 2 is 1.27 bits per heavy atom. The number of amides is 3. The SMILES string of the molecule is C.CCCNC(=O)C(N)CCCC(O)CCCC(N)C(=O)NCC(CC)CC(C)CNC(=O)C(N)CN. The fraction of sp³-hybridized carbons (Fsp3) is 0.885. The second-order valence-electron chi connectivity index (χ2n) is 9.97. The molecular weight excluding hydrogens is 474 g/mol. The monoisotopic (exact) mass is 531 g/mol. The number of carbonyl (C=O) groups excluding carboxylic acids is 3. The highest BCUT2D eigenvalue weighted by Crippen LogP contribution is 2.15. The zero-order valence-electron chi connectivity index (χ0n) is 22.6. The fourth-order valence-electron chi connectivity index (χ4n) is 3.87. The van der Waals surface area contributed by atoms with E-state index in [1.54, 1.807) is 0 Å². The maximum atomic E-state index is 12.4. The molecule has 0 heterocycles. The Bertz CT molecular complexity index is 624. The lowest BCUT2D eigenvalue weighted by molar-refractivity contribution is -0.123.